The first kappa shape index (κ1) is 17.5. The van der Waals surface area contributed by atoms with Crippen LogP contribution in [-0.2, 0) is 0 Å². The molecule has 4 rings (SSSR count). The van der Waals surface area contributed by atoms with Crippen LogP contribution in [0, 0.1) is 6.92 Å². The monoisotopic (exact) mass is 365 g/mol. The van der Waals surface area contributed by atoms with Crippen molar-refractivity contribution in [1.29, 1.82) is 0 Å². The van der Waals surface area contributed by atoms with Gasteiger partial charge in [0.1, 0.15) is 5.75 Å². The Morgan fingerprint density at radius 3 is 2.63 bits per heavy atom. The number of aromatic amines is 1. The second-order valence-corrected chi connectivity index (χ2v) is 7.22. The van der Waals surface area contributed by atoms with Crippen molar-refractivity contribution in [2.45, 2.75) is 44.7 Å². The van der Waals surface area contributed by atoms with Crippen molar-refractivity contribution >= 4 is 16.9 Å². The molecule has 0 atom stereocenters. The molecular weight excluding hydrogens is 342 g/mol. The van der Waals surface area contributed by atoms with E-state index in [0.717, 1.165) is 42.3 Å². The van der Waals surface area contributed by atoms with Crippen LogP contribution in [0.5, 0.6) is 5.75 Å². The number of amides is 1. The third-order valence-electron chi connectivity index (χ3n) is 5.23. The molecule has 0 bridgehead atoms. The van der Waals surface area contributed by atoms with Crippen molar-refractivity contribution < 1.29 is 9.90 Å². The van der Waals surface area contributed by atoms with Crippen molar-refractivity contribution in [3.05, 3.63) is 41.6 Å². The zero-order chi connectivity index (χ0) is 19.0. The molecule has 1 aromatic carbocycles. The first-order chi connectivity index (χ1) is 13.0. The summed E-state index contributed by atoms with van der Waals surface area (Å²) < 4.78 is 0. The SMILES string of the molecule is Cc1n[nH]c2nc(-c3ccc(O)cc3)cc(C(=O)N[C@H]3CC[C@H](N)CC3)c12. The lowest BCUT2D eigenvalue weighted by Gasteiger charge is -2.27. The van der Waals surface area contributed by atoms with Gasteiger partial charge in [-0.05, 0) is 62.9 Å². The van der Waals surface area contributed by atoms with Gasteiger partial charge in [0.05, 0.1) is 22.3 Å². The largest absolute Gasteiger partial charge is 0.508 e. The number of benzene rings is 1. The molecule has 0 saturated heterocycles. The summed E-state index contributed by atoms with van der Waals surface area (Å²) in [6, 6.07) is 8.93. The molecule has 3 aromatic rings. The van der Waals surface area contributed by atoms with Crippen molar-refractivity contribution in [2.75, 3.05) is 0 Å². The minimum absolute atomic E-state index is 0.118. The number of phenolic OH excluding ortho intramolecular Hbond substituents is 1. The van der Waals surface area contributed by atoms with Gasteiger partial charge in [0, 0.05) is 17.6 Å². The van der Waals surface area contributed by atoms with Crippen LogP contribution >= 0.6 is 0 Å². The van der Waals surface area contributed by atoms with Gasteiger partial charge in [-0.15, -0.1) is 0 Å². The predicted molar refractivity (Wildman–Crippen MR) is 103 cm³/mol. The van der Waals surface area contributed by atoms with E-state index in [2.05, 4.69) is 20.5 Å². The molecule has 7 nitrogen and oxygen atoms in total. The first-order valence-corrected chi connectivity index (χ1v) is 9.23. The predicted octanol–water partition coefficient (Wildman–Crippen LogP) is 2.64. The number of fused-ring (bicyclic) bond motifs is 1. The minimum Gasteiger partial charge on any atom is -0.508 e. The smallest absolute Gasteiger partial charge is 0.252 e. The average Bonchev–Trinajstić information content (AvgIpc) is 3.04. The number of rotatable bonds is 3. The molecule has 7 heteroatoms. The molecule has 1 fully saturated rings. The van der Waals surface area contributed by atoms with E-state index in [1.807, 2.05) is 6.92 Å². The summed E-state index contributed by atoms with van der Waals surface area (Å²) in [7, 11) is 0. The van der Waals surface area contributed by atoms with Gasteiger partial charge in [-0.3, -0.25) is 9.89 Å². The maximum absolute atomic E-state index is 13.0. The van der Waals surface area contributed by atoms with E-state index in [0.29, 0.717) is 16.9 Å². The lowest BCUT2D eigenvalue weighted by molar-refractivity contribution is 0.0927. The Labute approximate surface area is 157 Å². The normalized spacial score (nSPS) is 19.9. The van der Waals surface area contributed by atoms with Gasteiger partial charge in [-0.25, -0.2) is 4.98 Å². The van der Waals surface area contributed by atoms with Gasteiger partial charge in [-0.2, -0.15) is 5.10 Å². The quantitative estimate of drug-likeness (QED) is 0.569. The van der Waals surface area contributed by atoms with Crippen molar-refractivity contribution in [3.63, 3.8) is 0 Å². The van der Waals surface area contributed by atoms with Crippen LogP contribution < -0.4 is 11.1 Å². The number of phenols is 1. The molecule has 0 radical (unpaired) electrons. The van der Waals surface area contributed by atoms with E-state index < -0.39 is 0 Å². The van der Waals surface area contributed by atoms with Crippen molar-refractivity contribution in [1.82, 2.24) is 20.5 Å². The summed E-state index contributed by atoms with van der Waals surface area (Å²) >= 11 is 0. The van der Waals surface area contributed by atoms with Crippen LogP contribution in [0.4, 0.5) is 0 Å². The van der Waals surface area contributed by atoms with Crippen LogP contribution in [0.25, 0.3) is 22.3 Å². The number of hydrogen-bond acceptors (Lipinski definition) is 5. The van der Waals surface area contributed by atoms with Crippen molar-refractivity contribution in [2.24, 2.45) is 5.73 Å². The molecule has 2 heterocycles. The number of pyridine rings is 1. The standard InChI is InChI=1S/C20H23N5O2/c1-11-18-16(20(27)22-14-6-4-13(21)5-7-14)10-17(23-19(18)25-24-11)12-2-8-15(26)9-3-12/h2-3,8-10,13-14,26H,4-7,21H2,1H3,(H,22,27)(H,23,24,25)/t13-,14-. The van der Waals surface area contributed by atoms with Crippen LogP contribution in [0.2, 0.25) is 0 Å². The van der Waals surface area contributed by atoms with E-state index in [1.54, 1.807) is 30.3 Å². The van der Waals surface area contributed by atoms with E-state index in [4.69, 9.17) is 5.73 Å². The molecule has 1 aliphatic carbocycles. The van der Waals surface area contributed by atoms with Crippen LogP contribution in [0.15, 0.2) is 30.3 Å². The second kappa shape index (κ2) is 7.00. The molecule has 5 N–H and O–H groups in total. The number of nitrogens with one attached hydrogen (secondary N) is 2. The van der Waals surface area contributed by atoms with E-state index >= 15 is 0 Å². The topological polar surface area (TPSA) is 117 Å². The molecular formula is C20H23N5O2. The fourth-order valence-electron chi connectivity index (χ4n) is 3.67. The van der Waals surface area contributed by atoms with Gasteiger partial charge >= 0.3 is 0 Å². The van der Waals surface area contributed by atoms with Gasteiger partial charge in [0.2, 0.25) is 0 Å². The summed E-state index contributed by atoms with van der Waals surface area (Å²) in [4.78, 5) is 17.6. The Balaban J connectivity index is 1.70. The summed E-state index contributed by atoms with van der Waals surface area (Å²) in [6.07, 6.45) is 3.66. The Morgan fingerprint density at radius 1 is 1.22 bits per heavy atom. The highest BCUT2D eigenvalue weighted by Crippen LogP contribution is 2.27. The number of aryl methyl sites for hydroxylation is 1. The fraction of sp³-hybridized carbons (Fsp3) is 0.350. The van der Waals surface area contributed by atoms with E-state index in [9.17, 15) is 9.90 Å². The zero-order valence-corrected chi connectivity index (χ0v) is 15.2. The summed E-state index contributed by atoms with van der Waals surface area (Å²) in [6.45, 7) is 1.86. The molecule has 140 valence electrons. The number of carbonyl (C=O) groups excluding carboxylic acids is 1. The highest BCUT2D eigenvalue weighted by molar-refractivity contribution is 6.07. The van der Waals surface area contributed by atoms with Gasteiger partial charge in [0.25, 0.3) is 5.91 Å². The third kappa shape index (κ3) is 3.50. The first-order valence-electron chi connectivity index (χ1n) is 9.23. The number of aromatic hydroxyl groups is 1. The third-order valence-corrected chi connectivity index (χ3v) is 5.23. The Kier molecular flexibility index (Phi) is 4.53. The molecule has 0 unspecified atom stereocenters. The number of nitrogens with zero attached hydrogens (tertiary/aromatic N) is 2. The van der Waals surface area contributed by atoms with Gasteiger partial charge in [0.15, 0.2) is 5.65 Å². The minimum atomic E-state index is -0.118. The highest BCUT2D eigenvalue weighted by Gasteiger charge is 2.23. The Bertz CT molecular complexity index is 972. The van der Waals surface area contributed by atoms with Crippen molar-refractivity contribution in [3.8, 4) is 17.0 Å². The number of aromatic nitrogens is 3. The summed E-state index contributed by atoms with van der Waals surface area (Å²) in [5.41, 5.74) is 9.32. The molecule has 1 aliphatic rings. The van der Waals surface area contributed by atoms with Crippen LogP contribution in [0.1, 0.15) is 41.7 Å². The van der Waals surface area contributed by atoms with E-state index in [1.165, 1.54) is 0 Å². The maximum Gasteiger partial charge on any atom is 0.252 e. The van der Waals surface area contributed by atoms with Gasteiger partial charge < -0.3 is 16.2 Å². The van der Waals surface area contributed by atoms with E-state index in [-0.39, 0.29) is 23.7 Å². The highest BCUT2D eigenvalue weighted by atomic mass is 16.3. The lowest BCUT2D eigenvalue weighted by atomic mass is 9.91. The lowest BCUT2D eigenvalue weighted by Crippen LogP contribution is -2.40. The summed E-state index contributed by atoms with van der Waals surface area (Å²) in [5, 5.41) is 20.5. The molecule has 1 amide bonds. The average molecular weight is 365 g/mol. The zero-order valence-electron chi connectivity index (χ0n) is 15.2. The fourth-order valence-corrected chi connectivity index (χ4v) is 3.67. The Hall–Kier alpha value is -2.93. The number of hydrogen-bond donors (Lipinski definition) is 4. The summed E-state index contributed by atoms with van der Waals surface area (Å²) in [5.74, 6) is 0.0677. The van der Waals surface area contributed by atoms with Gasteiger partial charge in [-0.1, -0.05) is 0 Å². The van der Waals surface area contributed by atoms with Crippen LogP contribution in [0.3, 0.4) is 0 Å². The van der Waals surface area contributed by atoms with Crippen LogP contribution in [-0.4, -0.2) is 38.3 Å². The number of carbonyl (C=O) groups is 1. The molecule has 27 heavy (non-hydrogen) atoms. The molecule has 1 saturated carbocycles. The molecule has 2 aromatic heterocycles. The molecule has 0 spiro atoms. The number of nitrogens with two attached hydrogens (primary N) is 1. The number of H-pyrrole nitrogens is 1. The Morgan fingerprint density at radius 2 is 1.93 bits per heavy atom. The second-order valence-electron chi connectivity index (χ2n) is 7.22. The molecule has 0 aliphatic heterocycles. The maximum atomic E-state index is 13.0.